The van der Waals surface area contributed by atoms with Crippen LogP contribution in [-0.2, 0) is 15.5 Å². The lowest BCUT2D eigenvalue weighted by Gasteiger charge is -2.32. The summed E-state index contributed by atoms with van der Waals surface area (Å²) in [5, 5.41) is -0.0750. The SMILES string of the molecule is CC1OCCC1S(=O)C1COc2ccccc2C1N. The van der Waals surface area contributed by atoms with Crippen molar-refractivity contribution < 1.29 is 13.7 Å². The molecule has 2 aliphatic rings. The molecule has 0 spiro atoms. The zero-order valence-electron chi connectivity index (χ0n) is 11.0. The summed E-state index contributed by atoms with van der Waals surface area (Å²) in [6.45, 7) is 3.10. The summed E-state index contributed by atoms with van der Waals surface area (Å²) < 4.78 is 23.9. The van der Waals surface area contributed by atoms with E-state index >= 15 is 0 Å². The second-order valence-electron chi connectivity index (χ2n) is 5.14. The van der Waals surface area contributed by atoms with Crippen molar-refractivity contribution in [1.82, 2.24) is 0 Å². The highest BCUT2D eigenvalue weighted by Crippen LogP contribution is 2.34. The van der Waals surface area contributed by atoms with Crippen LogP contribution in [0.2, 0.25) is 0 Å². The van der Waals surface area contributed by atoms with Gasteiger partial charge in [0.15, 0.2) is 0 Å². The average molecular weight is 281 g/mol. The largest absolute Gasteiger partial charge is 0.492 e. The minimum atomic E-state index is -1.02. The molecule has 2 aliphatic heterocycles. The molecule has 0 aromatic heterocycles. The third kappa shape index (κ3) is 2.30. The Balaban J connectivity index is 1.82. The summed E-state index contributed by atoms with van der Waals surface area (Å²) in [5.74, 6) is 0.818. The van der Waals surface area contributed by atoms with Gasteiger partial charge >= 0.3 is 0 Å². The molecular formula is C14H19NO3S. The predicted octanol–water partition coefficient (Wildman–Crippen LogP) is 1.37. The van der Waals surface area contributed by atoms with E-state index in [1.54, 1.807) is 0 Å². The molecule has 0 bridgehead atoms. The third-order valence-corrected chi connectivity index (χ3v) is 6.23. The minimum Gasteiger partial charge on any atom is -0.492 e. The van der Waals surface area contributed by atoms with Crippen molar-refractivity contribution in [3.63, 3.8) is 0 Å². The number of hydrogen-bond donors (Lipinski definition) is 1. The fourth-order valence-corrected chi connectivity index (χ4v) is 4.69. The summed E-state index contributed by atoms with van der Waals surface area (Å²) in [6.07, 6.45) is 0.892. The maximum absolute atomic E-state index is 12.7. The molecule has 2 heterocycles. The number of para-hydroxylation sites is 1. The number of benzene rings is 1. The van der Waals surface area contributed by atoms with Crippen LogP contribution < -0.4 is 10.5 Å². The molecule has 1 aromatic rings. The minimum absolute atomic E-state index is 0.0465. The highest BCUT2D eigenvalue weighted by Gasteiger charge is 2.39. The molecule has 3 rings (SSSR count). The Hall–Kier alpha value is -0.910. The highest BCUT2D eigenvalue weighted by molar-refractivity contribution is 7.86. The van der Waals surface area contributed by atoms with Gasteiger partial charge in [0, 0.05) is 23.0 Å². The van der Waals surface area contributed by atoms with E-state index in [0.717, 1.165) is 17.7 Å². The van der Waals surface area contributed by atoms with Gasteiger partial charge in [0.25, 0.3) is 0 Å². The van der Waals surface area contributed by atoms with E-state index in [9.17, 15) is 4.21 Å². The van der Waals surface area contributed by atoms with E-state index in [4.69, 9.17) is 15.2 Å². The normalized spacial score (nSPS) is 35.5. The zero-order valence-corrected chi connectivity index (χ0v) is 11.8. The maximum atomic E-state index is 12.7. The Labute approximate surface area is 115 Å². The summed E-state index contributed by atoms with van der Waals surface area (Å²) in [6, 6.07) is 7.51. The fourth-order valence-electron chi connectivity index (χ4n) is 2.82. The summed E-state index contributed by atoms with van der Waals surface area (Å²) >= 11 is 0. The lowest BCUT2D eigenvalue weighted by atomic mass is 10.0. The van der Waals surface area contributed by atoms with Crippen LogP contribution in [0, 0.1) is 0 Å². The Morgan fingerprint density at radius 1 is 1.32 bits per heavy atom. The number of ether oxygens (including phenoxy) is 2. The molecule has 104 valence electrons. The van der Waals surface area contributed by atoms with Crippen LogP contribution in [0.15, 0.2) is 24.3 Å². The molecule has 2 N–H and O–H groups in total. The summed E-state index contributed by atoms with van der Waals surface area (Å²) in [5.41, 5.74) is 7.25. The van der Waals surface area contributed by atoms with Crippen molar-refractivity contribution in [3.05, 3.63) is 29.8 Å². The van der Waals surface area contributed by atoms with Gasteiger partial charge in [-0.3, -0.25) is 4.21 Å². The maximum Gasteiger partial charge on any atom is 0.124 e. The monoisotopic (exact) mass is 281 g/mol. The first-order valence-corrected chi connectivity index (χ1v) is 7.94. The smallest absolute Gasteiger partial charge is 0.124 e. The van der Waals surface area contributed by atoms with Crippen molar-refractivity contribution in [3.8, 4) is 5.75 Å². The van der Waals surface area contributed by atoms with Crippen molar-refractivity contribution >= 4 is 10.8 Å². The first kappa shape index (κ1) is 13.1. The molecule has 5 atom stereocenters. The standard InChI is InChI=1S/C14H19NO3S/c1-9-12(6-7-17-9)19(16)13-8-18-11-5-3-2-4-10(11)14(13)15/h2-5,9,12-14H,6-8,15H2,1H3. The van der Waals surface area contributed by atoms with Crippen molar-refractivity contribution in [2.24, 2.45) is 5.73 Å². The van der Waals surface area contributed by atoms with Gasteiger partial charge in [-0.15, -0.1) is 0 Å². The molecular weight excluding hydrogens is 262 g/mol. The first-order valence-electron chi connectivity index (χ1n) is 6.67. The van der Waals surface area contributed by atoms with Gasteiger partial charge < -0.3 is 15.2 Å². The summed E-state index contributed by atoms with van der Waals surface area (Å²) in [4.78, 5) is 0. The Morgan fingerprint density at radius 2 is 2.11 bits per heavy atom. The molecule has 0 amide bonds. The topological polar surface area (TPSA) is 61.5 Å². The van der Waals surface area contributed by atoms with Crippen LogP contribution in [-0.4, -0.2) is 34.0 Å². The third-order valence-electron chi connectivity index (χ3n) is 3.99. The van der Waals surface area contributed by atoms with E-state index in [1.165, 1.54) is 0 Å². The number of rotatable bonds is 2. The molecule has 19 heavy (non-hydrogen) atoms. The zero-order chi connectivity index (χ0) is 13.4. The molecule has 0 aliphatic carbocycles. The fraction of sp³-hybridized carbons (Fsp3) is 0.571. The molecule has 1 aromatic carbocycles. The van der Waals surface area contributed by atoms with Crippen LogP contribution in [0.3, 0.4) is 0 Å². The quantitative estimate of drug-likeness (QED) is 0.889. The van der Waals surface area contributed by atoms with Crippen LogP contribution >= 0.6 is 0 Å². The Bertz CT molecular complexity index is 493. The highest BCUT2D eigenvalue weighted by atomic mass is 32.2. The molecule has 0 radical (unpaired) electrons. The second-order valence-corrected chi connectivity index (χ2v) is 7.01. The van der Waals surface area contributed by atoms with E-state index in [0.29, 0.717) is 13.2 Å². The van der Waals surface area contributed by atoms with Crippen LogP contribution in [0.5, 0.6) is 5.75 Å². The predicted molar refractivity (Wildman–Crippen MR) is 74.6 cm³/mol. The van der Waals surface area contributed by atoms with Gasteiger partial charge in [-0.25, -0.2) is 0 Å². The van der Waals surface area contributed by atoms with Crippen molar-refractivity contribution in [2.45, 2.75) is 36.0 Å². The van der Waals surface area contributed by atoms with Gasteiger partial charge in [0.1, 0.15) is 12.4 Å². The molecule has 1 fully saturated rings. The molecule has 5 unspecified atom stereocenters. The van der Waals surface area contributed by atoms with Gasteiger partial charge in [-0.1, -0.05) is 18.2 Å². The molecule has 4 nitrogen and oxygen atoms in total. The van der Waals surface area contributed by atoms with Crippen LogP contribution in [0.4, 0.5) is 0 Å². The average Bonchev–Trinajstić information content (AvgIpc) is 2.85. The second kappa shape index (κ2) is 5.23. The van der Waals surface area contributed by atoms with Gasteiger partial charge in [0.05, 0.1) is 22.6 Å². The first-order chi connectivity index (χ1) is 9.18. The van der Waals surface area contributed by atoms with Crippen molar-refractivity contribution in [2.75, 3.05) is 13.2 Å². The van der Waals surface area contributed by atoms with Gasteiger partial charge in [-0.2, -0.15) is 0 Å². The van der Waals surface area contributed by atoms with E-state index < -0.39 is 10.8 Å². The lowest BCUT2D eigenvalue weighted by molar-refractivity contribution is 0.126. The van der Waals surface area contributed by atoms with E-state index in [2.05, 4.69) is 0 Å². The van der Waals surface area contributed by atoms with Gasteiger partial charge in [0.2, 0.25) is 0 Å². The van der Waals surface area contributed by atoms with Crippen LogP contribution in [0.25, 0.3) is 0 Å². The number of hydrogen-bond acceptors (Lipinski definition) is 4. The number of nitrogens with two attached hydrogens (primary N) is 1. The Morgan fingerprint density at radius 3 is 2.84 bits per heavy atom. The van der Waals surface area contributed by atoms with Gasteiger partial charge in [-0.05, 0) is 19.4 Å². The van der Waals surface area contributed by atoms with E-state index in [1.807, 2.05) is 31.2 Å². The van der Waals surface area contributed by atoms with E-state index in [-0.39, 0.29) is 22.6 Å². The van der Waals surface area contributed by atoms with Crippen molar-refractivity contribution in [1.29, 1.82) is 0 Å². The molecule has 1 saturated heterocycles. The molecule has 0 saturated carbocycles. The summed E-state index contributed by atoms with van der Waals surface area (Å²) in [7, 11) is -1.02. The lowest BCUT2D eigenvalue weighted by Crippen LogP contribution is -2.43. The number of fused-ring (bicyclic) bond motifs is 1. The molecule has 5 heteroatoms. The van der Waals surface area contributed by atoms with Crippen LogP contribution in [0.1, 0.15) is 24.9 Å². The Kier molecular flexibility index (Phi) is 3.60.